The molecule has 2 N–H and O–H groups in total. The first-order valence-corrected chi connectivity index (χ1v) is 7.22. The number of aliphatic hydroxyl groups excluding tert-OH is 1. The van der Waals surface area contributed by atoms with Crippen LogP contribution in [0.2, 0.25) is 0 Å². The third-order valence-corrected chi connectivity index (χ3v) is 3.39. The Balaban J connectivity index is 2.16. The van der Waals surface area contributed by atoms with Crippen molar-refractivity contribution in [1.29, 1.82) is 0 Å². The normalized spacial score (nSPS) is 11.8. The second-order valence-corrected chi connectivity index (χ2v) is 5.25. The van der Waals surface area contributed by atoms with Crippen LogP contribution in [0.5, 0.6) is 0 Å². The summed E-state index contributed by atoms with van der Waals surface area (Å²) in [6.45, 7) is 0.0130. The molecule has 0 radical (unpaired) electrons. The lowest BCUT2D eigenvalue weighted by Crippen LogP contribution is -2.29. The van der Waals surface area contributed by atoms with Crippen LogP contribution in [-0.4, -0.2) is 36.7 Å². The van der Waals surface area contributed by atoms with Crippen molar-refractivity contribution in [2.45, 2.75) is 12.5 Å². The van der Waals surface area contributed by atoms with E-state index >= 15 is 0 Å². The van der Waals surface area contributed by atoms with Gasteiger partial charge < -0.3 is 15.3 Å². The average molecular weight is 299 g/mol. The molecule has 1 atom stereocenters. The molecule has 5 heteroatoms. The van der Waals surface area contributed by atoms with Crippen LogP contribution >= 0.6 is 0 Å². The molecular formula is C17H21N3O2. The summed E-state index contributed by atoms with van der Waals surface area (Å²) in [5.74, 6) is 0.555. The van der Waals surface area contributed by atoms with Crippen molar-refractivity contribution >= 4 is 11.7 Å². The Labute approximate surface area is 130 Å². The van der Waals surface area contributed by atoms with E-state index in [0.29, 0.717) is 12.0 Å². The van der Waals surface area contributed by atoms with E-state index in [-0.39, 0.29) is 18.6 Å². The number of aromatic nitrogens is 1. The van der Waals surface area contributed by atoms with E-state index < -0.39 is 0 Å². The first-order valence-electron chi connectivity index (χ1n) is 7.22. The summed E-state index contributed by atoms with van der Waals surface area (Å²) in [6.07, 6.45) is 2.09. The monoisotopic (exact) mass is 299 g/mol. The van der Waals surface area contributed by atoms with Crippen molar-refractivity contribution in [3.05, 3.63) is 59.8 Å². The zero-order chi connectivity index (χ0) is 15.9. The summed E-state index contributed by atoms with van der Waals surface area (Å²) in [7, 11) is 3.76. The van der Waals surface area contributed by atoms with Crippen LogP contribution in [0.3, 0.4) is 0 Å². The Kier molecular flexibility index (Phi) is 5.49. The van der Waals surface area contributed by atoms with Gasteiger partial charge in [-0.2, -0.15) is 0 Å². The first-order chi connectivity index (χ1) is 10.6. The zero-order valence-electron chi connectivity index (χ0n) is 12.9. The third-order valence-electron chi connectivity index (χ3n) is 3.39. The number of benzene rings is 1. The van der Waals surface area contributed by atoms with E-state index in [2.05, 4.69) is 10.3 Å². The number of carbonyl (C=O) groups is 1. The van der Waals surface area contributed by atoms with Crippen molar-refractivity contribution in [3.63, 3.8) is 0 Å². The zero-order valence-corrected chi connectivity index (χ0v) is 12.9. The highest BCUT2D eigenvalue weighted by molar-refractivity contribution is 5.95. The molecule has 1 heterocycles. The largest absolute Gasteiger partial charge is 0.396 e. The molecule has 0 bridgehead atoms. The SMILES string of the molecule is CN(C)c1cc(C(=O)NC(CCO)c2ccccc2)ccn1. The number of anilines is 1. The van der Waals surface area contributed by atoms with Crippen LogP contribution in [-0.2, 0) is 0 Å². The Hall–Kier alpha value is -2.40. The molecule has 0 aliphatic heterocycles. The minimum atomic E-state index is -0.213. The molecule has 1 amide bonds. The van der Waals surface area contributed by atoms with Gasteiger partial charge in [0.2, 0.25) is 0 Å². The Morgan fingerprint density at radius 2 is 2.00 bits per heavy atom. The van der Waals surface area contributed by atoms with Crippen molar-refractivity contribution in [2.75, 3.05) is 25.6 Å². The van der Waals surface area contributed by atoms with E-state index in [1.165, 1.54) is 0 Å². The van der Waals surface area contributed by atoms with Gasteiger partial charge in [0.25, 0.3) is 5.91 Å². The number of amides is 1. The standard InChI is InChI=1S/C17H21N3O2/c1-20(2)16-12-14(8-10-18-16)17(22)19-15(9-11-21)13-6-4-3-5-7-13/h3-8,10,12,15,21H,9,11H2,1-2H3,(H,19,22). The minimum absolute atomic E-state index is 0.0130. The molecule has 116 valence electrons. The van der Waals surface area contributed by atoms with E-state index in [0.717, 1.165) is 11.4 Å². The van der Waals surface area contributed by atoms with Gasteiger partial charge in [-0.15, -0.1) is 0 Å². The topological polar surface area (TPSA) is 65.5 Å². The highest BCUT2D eigenvalue weighted by atomic mass is 16.3. The van der Waals surface area contributed by atoms with Gasteiger partial charge in [-0.05, 0) is 24.1 Å². The molecule has 0 fully saturated rings. The van der Waals surface area contributed by atoms with Crippen LogP contribution < -0.4 is 10.2 Å². The molecule has 0 saturated heterocycles. The third kappa shape index (κ3) is 4.05. The van der Waals surface area contributed by atoms with Gasteiger partial charge in [-0.25, -0.2) is 4.98 Å². The van der Waals surface area contributed by atoms with Gasteiger partial charge in [0, 0.05) is 32.5 Å². The van der Waals surface area contributed by atoms with Crippen LogP contribution in [0.15, 0.2) is 48.7 Å². The second-order valence-electron chi connectivity index (χ2n) is 5.25. The molecule has 22 heavy (non-hydrogen) atoms. The van der Waals surface area contributed by atoms with Crippen molar-refractivity contribution in [2.24, 2.45) is 0 Å². The van der Waals surface area contributed by atoms with E-state index in [4.69, 9.17) is 0 Å². The molecule has 0 aliphatic carbocycles. The molecule has 1 aromatic heterocycles. The molecule has 1 aromatic carbocycles. The summed E-state index contributed by atoms with van der Waals surface area (Å²) in [5, 5.41) is 12.2. The van der Waals surface area contributed by atoms with Gasteiger partial charge in [0.15, 0.2) is 0 Å². The number of carbonyl (C=O) groups excluding carboxylic acids is 1. The predicted octanol–water partition coefficient (Wildman–Crippen LogP) is 2.00. The van der Waals surface area contributed by atoms with Crippen LogP contribution in [0.25, 0.3) is 0 Å². The van der Waals surface area contributed by atoms with Crippen LogP contribution in [0.4, 0.5) is 5.82 Å². The number of hydrogen-bond donors (Lipinski definition) is 2. The number of pyridine rings is 1. The summed E-state index contributed by atoms with van der Waals surface area (Å²) < 4.78 is 0. The molecule has 1 unspecified atom stereocenters. The Morgan fingerprint density at radius 3 is 2.64 bits per heavy atom. The van der Waals surface area contributed by atoms with E-state index in [1.807, 2.05) is 49.3 Å². The van der Waals surface area contributed by atoms with E-state index in [1.54, 1.807) is 18.3 Å². The lowest BCUT2D eigenvalue weighted by molar-refractivity contribution is 0.0930. The van der Waals surface area contributed by atoms with Gasteiger partial charge in [-0.3, -0.25) is 4.79 Å². The molecule has 2 rings (SSSR count). The summed E-state index contributed by atoms with van der Waals surface area (Å²) >= 11 is 0. The van der Waals surface area contributed by atoms with Crippen LogP contribution in [0.1, 0.15) is 28.4 Å². The van der Waals surface area contributed by atoms with Gasteiger partial charge in [-0.1, -0.05) is 30.3 Å². The summed E-state index contributed by atoms with van der Waals surface area (Å²) in [6, 6.07) is 12.9. The number of nitrogens with zero attached hydrogens (tertiary/aromatic N) is 2. The first kappa shape index (κ1) is 16.0. The fourth-order valence-corrected chi connectivity index (χ4v) is 2.18. The van der Waals surface area contributed by atoms with Gasteiger partial charge >= 0.3 is 0 Å². The molecule has 0 spiro atoms. The maximum Gasteiger partial charge on any atom is 0.251 e. The lowest BCUT2D eigenvalue weighted by atomic mass is 10.0. The smallest absolute Gasteiger partial charge is 0.251 e. The number of aliphatic hydroxyl groups is 1. The molecule has 5 nitrogen and oxygen atoms in total. The molecule has 2 aromatic rings. The molecule has 0 aliphatic rings. The Bertz CT molecular complexity index is 614. The van der Waals surface area contributed by atoms with Crippen molar-refractivity contribution in [3.8, 4) is 0 Å². The number of rotatable bonds is 6. The maximum absolute atomic E-state index is 12.4. The number of hydrogen-bond acceptors (Lipinski definition) is 4. The fourth-order valence-electron chi connectivity index (χ4n) is 2.18. The fraction of sp³-hybridized carbons (Fsp3) is 0.294. The quantitative estimate of drug-likeness (QED) is 0.856. The van der Waals surface area contributed by atoms with Gasteiger partial charge in [0.05, 0.1) is 6.04 Å². The highest BCUT2D eigenvalue weighted by Gasteiger charge is 2.15. The second kappa shape index (κ2) is 7.56. The molecule has 0 saturated carbocycles. The summed E-state index contributed by atoms with van der Waals surface area (Å²) in [4.78, 5) is 18.5. The maximum atomic E-state index is 12.4. The lowest BCUT2D eigenvalue weighted by Gasteiger charge is -2.19. The highest BCUT2D eigenvalue weighted by Crippen LogP contribution is 2.17. The average Bonchev–Trinajstić information content (AvgIpc) is 2.55. The van der Waals surface area contributed by atoms with Gasteiger partial charge in [0.1, 0.15) is 5.82 Å². The minimum Gasteiger partial charge on any atom is -0.396 e. The predicted molar refractivity (Wildman–Crippen MR) is 86.9 cm³/mol. The van der Waals surface area contributed by atoms with Crippen molar-refractivity contribution < 1.29 is 9.90 Å². The Morgan fingerprint density at radius 1 is 1.27 bits per heavy atom. The number of nitrogens with one attached hydrogen (secondary N) is 1. The summed E-state index contributed by atoms with van der Waals surface area (Å²) in [5.41, 5.74) is 1.53. The van der Waals surface area contributed by atoms with Crippen molar-refractivity contribution in [1.82, 2.24) is 10.3 Å². The van der Waals surface area contributed by atoms with Crippen LogP contribution in [0, 0.1) is 0 Å². The van der Waals surface area contributed by atoms with E-state index in [9.17, 15) is 9.90 Å². The molecular weight excluding hydrogens is 278 g/mol.